The molecule has 0 saturated carbocycles. The van der Waals surface area contributed by atoms with Crippen LogP contribution in [-0.4, -0.2) is 29.9 Å². The van der Waals surface area contributed by atoms with Crippen LogP contribution in [0.2, 0.25) is 0 Å². The molecule has 0 aliphatic carbocycles. The van der Waals surface area contributed by atoms with Gasteiger partial charge in [-0.1, -0.05) is 6.07 Å². The quantitative estimate of drug-likeness (QED) is 0.366. The van der Waals surface area contributed by atoms with Gasteiger partial charge in [-0.2, -0.15) is 27.1 Å². The minimum Gasteiger partial charge on any atom is -0.481 e. The zero-order valence-corrected chi connectivity index (χ0v) is 17.8. The van der Waals surface area contributed by atoms with Gasteiger partial charge in [-0.15, -0.1) is 0 Å². The fourth-order valence-corrected chi connectivity index (χ4v) is 3.64. The molecule has 4 nitrogen and oxygen atoms in total. The molecule has 1 aliphatic rings. The number of hydrogen-bond donors (Lipinski definition) is 0. The minimum absolute atomic E-state index is 0.0341. The van der Waals surface area contributed by atoms with E-state index in [0.717, 1.165) is 18.2 Å². The second kappa shape index (κ2) is 8.82. The topological polar surface area (TPSA) is 37.7 Å². The molecule has 0 spiro atoms. The lowest BCUT2D eigenvalue weighted by Gasteiger charge is -2.25. The SMILES string of the molecule is COc1ccc(-c2cc(C3CC(C(F)(F)C(F)(F)F)=NN3c3ccc(F)cc3F)ccc2F)cn1. The zero-order chi connectivity index (χ0) is 25.5. The molecule has 1 aromatic heterocycles. The van der Waals surface area contributed by atoms with Crippen LogP contribution in [0.5, 0.6) is 5.88 Å². The van der Waals surface area contributed by atoms with E-state index in [0.29, 0.717) is 11.1 Å². The molecule has 0 N–H and O–H groups in total. The standard InChI is InChI=1S/C23H15F8N3O/c1-35-21-7-3-13(11-32-21)15-8-12(2-5-16(15)25)19-10-20(22(27,28)23(29,30)31)33-34(19)18-6-4-14(24)9-17(18)26/h2-9,11,19H,10H2,1H3. The molecule has 12 heteroatoms. The van der Waals surface area contributed by atoms with Crippen molar-refractivity contribution in [3.8, 4) is 17.0 Å². The Morgan fingerprint density at radius 1 is 0.914 bits per heavy atom. The fourth-order valence-electron chi connectivity index (χ4n) is 3.64. The van der Waals surface area contributed by atoms with Crippen LogP contribution in [0.15, 0.2) is 59.8 Å². The Hall–Kier alpha value is -3.70. The van der Waals surface area contributed by atoms with Gasteiger partial charge in [0.2, 0.25) is 5.88 Å². The molecular weight excluding hydrogens is 486 g/mol. The number of benzene rings is 2. The van der Waals surface area contributed by atoms with Gasteiger partial charge in [0.15, 0.2) is 5.82 Å². The molecule has 0 bridgehead atoms. The predicted molar refractivity (Wildman–Crippen MR) is 111 cm³/mol. The highest BCUT2D eigenvalue weighted by Gasteiger charge is 2.63. The van der Waals surface area contributed by atoms with Gasteiger partial charge >= 0.3 is 12.1 Å². The highest BCUT2D eigenvalue weighted by molar-refractivity contribution is 5.95. The van der Waals surface area contributed by atoms with Crippen LogP contribution in [-0.2, 0) is 0 Å². The van der Waals surface area contributed by atoms with Crippen molar-refractivity contribution in [1.82, 2.24) is 4.98 Å². The number of anilines is 1. The van der Waals surface area contributed by atoms with Gasteiger partial charge in [-0.3, -0.25) is 5.01 Å². The van der Waals surface area contributed by atoms with E-state index in [1.165, 1.54) is 37.6 Å². The fraction of sp³-hybridized carbons (Fsp3) is 0.217. The zero-order valence-electron chi connectivity index (χ0n) is 17.8. The van der Waals surface area contributed by atoms with Gasteiger partial charge in [0.05, 0.1) is 18.8 Å². The maximum Gasteiger partial charge on any atom is 0.459 e. The van der Waals surface area contributed by atoms with Gasteiger partial charge in [0.25, 0.3) is 0 Å². The first-order valence-electron chi connectivity index (χ1n) is 9.99. The Bertz CT molecular complexity index is 1270. The van der Waals surface area contributed by atoms with Gasteiger partial charge in [0, 0.05) is 35.9 Å². The summed E-state index contributed by atoms with van der Waals surface area (Å²) in [6, 6.07) is 7.05. The van der Waals surface area contributed by atoms with E-state index < -0.39 is 53.4 Å². The van der Waals surface area contributed by atoms with Crippen molar-refractivity contribution in [2.75, 3.05) is 12.1 Å². The van der Waals surface area contributed by atoms with E-state index in [4.69, 9.17) is 4.74 Å². The van der Waals surface area contributed by atoms with E-state index in [2.05, 4.69) is 10.1 Å². The Labute approximate surface area is 193 Å². The second-order valence-electron chi connectivity index (χ2n) is 7.61. The predicted octanol–water partition coefficient (Wildman–Crippen LogP) is 6.68. The highest BCUT2D eigenvalue weighted by Crippen LogP contribution is 2.45. The van der Waals surface area contributed by atoms with Crippen molar-refractivity contribution in [1.29, 1.82) is 0 Å². The summed E-state index contributed by atoms with van der Waals surface area (Å²) in [6.45, 7) is 0. The Kier molecular flexibility index (Phi) is 6.16. The summed E-state index contributed by atoms with van der Waals surface area (Å²) >= 11 is 0. The maximum absolute atomic E-state index is 14.6. The van der Waals surface area contributed by atoms with Crippen LogP contribution >= 0.6 is 0 Å². The van der Waals surface area contributed by atoms with Crippen molar-refractivity contribution in [2.45, 2.75) is 24.6 Å². The monoisotopic (exact) mass is 501 g/mol. The molecule has 0 amide bonds. The number of halogens is 8. The number of hydrogen-bond acceptors (Lipinski definition) is 4. The average molecular weight is 501 g/mol. The molecule has 1 atom stereocenters. The normalized spacial score (nSPS) is 16.4. The van der Waals surface area contributed by atoms with Crippen molar-refractivity contribution >= 4 is 11.4 Å². The second-order valence-corrected chi connectivity index (χ2v) is 7.61. The first-order chi connectivity index (χ1) is 16.4. The summed E-state index contributed by atoms with van der Waals surface area (Å²) in [6.07, 6.45) is -5.61. The summed E-state index contributed by atoms with van der Waals surface area (Å²) in [5, 5.41) is 4.01. The van der Waals surface area contributed by atoms with Gasteiger partial charge in [0.1, 0.15) is 17.3 Å². The smallest absolute Gasteiger partial charge is 0.459 e. The Balaban J connectivity index is 1.81. The van der Waals surface area contributed by atoms with E-state index in [1.807, 2.05) is 0 Å². The van der Waals surface area contributed by atoms with Crippen LogP contribution in [0, 0.1) is 17.5 Å². The van der Waals surface area contributed by atoms with Crippen molar-refractivity contribution < 1.29 is 39.9 Å². The third kappa shape index (κ3) is 4.52. The summed E-state index contributed by atoms with van der Waals surface area (Å²) in [5.74, 6) is -7.99. The highest BCUT2D eigenvalue weighted by atomic mass is 19.4. The number of methoxy groups -OCH3 is 1. The number of nitrogens with zero attached hydrogens (tertiary/aromatic N) is 3. The lowest BCUT2D eigenvalue weighted by atomic mass is 9.95. The molecule has 184 valence electrons. The van der Waals surface area contributed by atoms with Crippen LogP contribution in [0.4, 0.5) is 40.8 Å². The van der Waals surface area contributed by atoms with E-state index in [9.17, 15) is 35.1 Å². The van der Waals surface area contributed by atoms with Crippen molar-refractivity contribution in [3.05, 3.63) is 77.7 Å². The molecule has 0 radical (unpaired) electrons. The lowest BCUT2D eigenvalue weighted by molar-refractivity contribution is -0.249. The largest absolute Gasteiger partial charge is 0.481 e. The van der Waals surface area contributed by atoms with Crippen molar-refractivity contribution in [3.63, 3.8) is 0 Å². The van der Waals surface area contributed by atoms with Crippen LogP contribution in [0.3, 0.4) is 0 Å². The number of aromatic nitrogens is 1. The third-order valence-corrected chi connectivity index (χ3v) is 5.42. The molecule has 1 unspecified atom stereocenters. The van der Waals surface area contributed by atoms with E-state index in [1.54, 1.807) is 0 Å². The number of hydrazone groups is 1. The molecule has 1 aliphatic heterocycles. The average Bonchev–Trinajstić information content (AvgIpc) is 3.24. The molecule has 2 aromatic carbocycles. The summed E-state index contributed by atoms with van der Waals surface area (Å²) in [7, 11) is 1.38. The van der Waals surface area contributed by atoms with Crippen LogP contribution < -0.4 is 9.75 Å². The molecule has 35 heavy (non-hydrogen) atoms. The number of ether oxygens (including phenoxy) is 1. The Morgan fingerprint density at radius 3 is 2.26 bits per heavy atom. The van der Waals surface area contributed by atoms with E-state index in [-0.39, 0.29) is 22.6 Å². The lowest BCUT2D eigenvalue weighted by Crippen LogP contribution is -2.43. The van der Waals surface area contributed by atoms with Crippen LogP contribution in [0.25, 0.3) is 11.1 Å². The summed E-state index contributed by atoms with van der Waals surface area (Å²) in [5.41, 5.74) is -1.78. The summed E-state index contributed by atoms with van der Waals surface area (Å²) < 4.78 is 115. The van der Waals surface area contributed by atoms with Crippen molar-refractivity contribution in [2.24, 2.45) is 5.10 Å². The van der Waals surface area contributed by atoms with Gasteiger partial charge < -0.3 is 4.74 Å². The molecular formula is C23H15F8N3O. The molecule has 0 fully saturated rings. The number of pyridine rings is 1. The number of rotatable bonds is 5. The Morgan fingerprint density at radius 2 is 1.66 bits per heavy atom. The molecule has 4 rings (SSSR count). The van der Waals surface area contributed by atoms with Gasteiger partial charge in [-0.05, 0) is 35.9 Å². The molecule has 3 aromatic rings. The third-order valence-electron chi connectivity index (χ3n) is 5.42. The first kappa shape index (κ1) is 24.4. The van der Waals surface area contributed by atoms with Crippen LogP contribution in [0.1, 0.15) is 18.0 Å². The first-order valence-corrected chi connectivity index (χ1v) is 9.99. The maximum atomic E-state index is 14.6. The molecule has 2 heterocycles. The number of alkyl halides is 5. The van der Waals surface area contributed by atoms with E-state index >= 15 is 0 Å². The van der Waals surface area contributed by atoms with Gasteiger partial charge in [-0.25, -0.2) is 18.2 Å². The minimum atomic E-state index is -5.95. The molecule has 0 saturated heterocycles. The summed E-state index contributed by atoms with van der Waals surface area (Å²) in [4.78, 5) is 3.96.